The van der Waals surface area contributed by atoms with Crippen molar-refractivity contribution in [1.29, 1.82) is 0 Å². The second kappa shape index (κ2) is 8.88. The molecule has 1 rings (SSSR count). The highest BCUT2D eigenvalue weighted by Gasteiger charge is 2.24. The lowest BCUT2D eigenvalue weighted by Gasteiger charge is -2.15. The van der Waals surface area contributed by atoms with Crippen molar-refractivity contribution in [3.05, 3.63) is 29.6 Å². The predicted molar refractivity (Wildman–Crippen MR) is 87.0 cm³/mol. The first-order valence-corrected chi connectivity index (χ1v) is 8.75. The normalized spacial score (nSPS) is 12.7. The third-order valence-corrected chi connectivity index (χ3v) is 5.01. The van der Waals surface area contributed by atoms with Crippen LogP contribution in [0.15, 0.2) is 23.1 Å². The third-order valence-electron chi connectivity index (χ3n) is 3.19. The summed E-state index contributed by atoms with van der Waals surface area (Å²) in [6.07, 6.45) is -1.18. The molecule has 0 aliphatic rings. The van der Waals surface area contributed by atoms with Crippen molar-refractivity contribution in [2.45, 2.75) is 17.9 Å². The van der Waals surface area contributed by atoms with Crippen LogP contribution in [0.25, 0.3) is 0 Å². The summed E-state index contributed by atoms with van der Waals surface area (Å²) < 4.78 is 48.6. The van der Waals surface area contributed by atoms with Crippen LogP contribution in [0.1, 0.15) is 17.3 Å². The second-order valence-corrected chi connectivity index (χ2v) is 7.41. The van der Waals surface area contributed by atoms with Gasteiger partial charge in [0.1, 0.15) is 5.82 Å². The molecule has 0 fully saturated rings. The highest BCUT2D eigenvalue weighted by molar-refractivity contribution is 7.89. The van der Waals surface area contributed by atoms with E-state index in [4.69, 9.17) is 9.47 Å². The van der Waals surface area contributed by atoms with Crippen LogP contribution < -0.4 is 5.32 Å². The van der Waals surface area contributed by atoms with Crippen molar-refractivity contribution in [2.24, 2.45) is 0 Å². The van der Waals surface area contributed by atoms with Gasteiger partial charge in [-0.05, 0) is 25.1 Å². The molecule has 25 heavy (non-hydrogen) atoms. The average molecular weight is 376 g/mol. The molecule has 10 heteroatoms. The highest BCUT2D eigenvalue weighted by atomic mass is 32.2. The quantitative estimate of drug-likeness (QED) is 0.520. The van der Waals surface area contributed by atoms with Crippen LogP contribution >= 0.6 is 0 Å². The van der Waals surface area contributed by atoms with Gasteiger partial charge in [0, 0.05) is 27.7 Å². The number of benzene rings is 1. The number of carbonyl (C=O) groups is 2. The van der Waals surface area contributed by atoms with E-state index in [1.807, 2.05) is 0 Å². The van der Waals surface area contributed by atoms with E-state index in [2.05, 4.69) is 5.32 Å². The van der Waals surface area contributed by atoms with Gasteiger partial charge in [-0.25, -0.2) is 21.9 Å². The first-order chi connectivity index (χ1) is 11.6. The number of sulfonamides is 1. The minimum absolute atomic E-state index is 0.224. The number of esters is 1. The number of nitrogens with zero attached hydrogens (tertiary/aromatic N) is 1. The first kappa shape index (κ1) is 21.0. The molecule has 0 aliphatic heterocycles. The number of amides is 1. The number of methoxy groups -OCH3 is 1. The molecule has 0 saturated heterocycles. The molecule has 0 radical (unpaired) electrons. The van der Waals surface area contributed by atoms with Gasteiger partial charge in [-0.1, -0.05) is 0 Å². The summed E-state index contributed by atoms with van der Waals surface area (Å²) >= 11 is 0. The lowest BCUT2D eigenvalue weighted by atomic mass is 10.2. The van der Waals surface area contributed by atoms with Crippen molar-refractivity contribution < 1.29 is 31.9 Å². The number of nitrogens with one attached hydrogen (secondary N) is 1. The molecule has 1 amide bonds. The Bertz CT molecular complexity index is 736. The van der Waals surface area contributed by atoms with Crippen molar-refractivity contribution in [1.82, 2.24) is 9.62 Å². The van der Waals surface area contributed by atoms with E-state index < -0.39 is 39.4 Å². The molecule has 1 N–H and O–H groups in total. The molecule has 1 aromatic carbocycles. The standard InChI is InChI=1S/C15H21FN2O6S/c1-10(14(19)17-7-8-23-4)24-15(20)12-9-11(5-6-13(12)16)25(21,22)18(2)3/h5-6,9-10H,7-8H2,1-4H3,(H,17,19)/t10-/m1/s1. The summed E-state index contributed by atoms with van der Waals surface area (Å²) in [5, 5.41) is 2.47. The molecule has 0 spiro atoms. The molecule has 0 unspecified atom stereocenters. The van der Waals surface area contributed by atoms with Crippen molar-refractivity contribution >= 4 is 21.9 Å². The smallest absolute Gasteiger partial charge is 0.341 e. The van der Waals surface area contributed by atoms with Gasteiger partial charge < -0.3 is 14.8 Å². The molecule has 0 bridgehead atoms. The fourth-order valence-corrected chi connectivity index (χ4v) is 2.66. The predicted octanol–water partition coefficient (Wildman–Crippen LogP) is 0.384. The largest absolute Gasteiger partial charge is 0.449 e. The van der Waals surface area contributed by atoms with E-state index in [0.717, 1.165) is 22.5 Å². The van der Waals surface area contributed by atoms with Crippen molar-refractivity contribution in [3.63, 3.8) is 0 Å². The molecule has 140 valence electrons. The van der Waals surface area contributed by atoms with Crippen LogP contribution in [0.5, 0.6) is 0 Å². The number of rotatable bonds is 8. The fraction of sp³-hybridized carbons (Fsp3) is 0.467. The Hall–Kier alpha value is -2.04. The Labute approximate surface area is 146 Å². The molecular weight excluding hydrogens is 355 g/mol. The summed E-state index contributed by atoms with van der Waals surface area (Å²) in [5.74, 6) is -2.67. The number of halogens is 1. The molecule has 0 heterocycles. The van der Waals surface area contributed by atoms with Crippen molar-refractivity contribution in [3.8, 4) is 0 Å². The summed E-state index contributed by atoms with van der Waals surface area (Å²) in [4.78, 5) is 23.6. The van der Waals surface area contributed by atoms with Gasteiger partial charge >= 0.3 is 5.97 Å². The highest BCUT2D eigenvalue weighted by Crippen LogP contribution is 2.19. The van der Waals surface area contributed by atoms with Crippen LogP contribution in [0.2, 0.25) is 0 Å². The Kier molecular flexibility index (Phi) is 7.46. The average Bonchev–Trinajstić information content (AvgIpc) is 2.54. The number of ether oxygens (including phenoxy) is 2. The maximum absolute atomic E-state index is 13.9. The van der Waals surface area contributed by atoms with E-state index in [1.54, 1.807) is 0 Å². The van der Waals surface area contributed by atoms with Crippen molar-refractivity contribution in [2.75, 3.05) is 34.4 Å². The monoisotopic (exact) mass is 376 g/mol. The van der Waals surface area contributed by atoms with Crippen LogP contribution in [0.4, 0.5) is 4.39 Å². The lowest BCUT2D eigenvalue weighted by Crippen LogP contribution is -2.37. The van der Waals surface area contributed by atoms with Gasteiger partial charge in [0.2, 0.25) is 10.0 Å². The molecule has 0 aliphatic carbocycles. The summed E-state index contributed by atoms with van der Waals surface area (Å²) in [6, 6.07) is 2.78. The SMILES string of the molecule is COCCNC(=O)[C@@H](C)OC(=O)c1cc(S(=O)(=O)N(C)C)ccc1F. The number of hydrogen-bond acceptors (Lipinski definition) is 6. The van der Waals surface area contributed by atoms with Gasteiger partial charge in [-0.2, -0.15) is 0 Å². The summed E-state index contributed by atoms with van der Waals surface area (Å²) in [6.45, 7) is 1.83. The van der Waals surface area contributed by atoms with E-state index >= 15 is 0 Å². The molecule has 8 nitrogen and oxygen atoms in total. The molecule has 1 aromatic rings. The minimum atomic E-state index is -3.84. The fourth-order valence-electron chi connectivity index (χ4n) is 1.73. The zero-order chi connectivity index (χ0) is 19.2. The van der Waals surface area contributed by atoms with E-state index in [9.17, 15) is 22.4 Å². The Morgan fingerprint density at radius 1 is 1.32 bits per heavy atom. The minimum Gasteiger partial charge on any atom is -0.449 e. The maximum Gasteiger partial charge on any atom is 0.341 e. The van der Waals surface area contributed by atoms with Gasteiger partial charge in [0.15, 0.2) is 6.10 Å². The van der Waals surface area contributed by atoms with Crippen LogP contribution in [-0.4, -0.2) is 65.1 Å². The Morgan fingerprint density at radius 3 is 2.52 bits per heavy atom. The van der Waals surface area contributed by atoms with Gasteiger partial charge in [-0.15, -0.1) is 0 Å². The number of carbonyl (C=O) groups excluding carboxylic acids is 2. The van der Waals surface area contributed by atoms with Gasteiger partial charge in [-0.3, -0.25) is 4.79 Å². The lowest BCUT2D eigenvalue weighted by molar-refractivity contribution is -0.129. The first-order valence-electron chi connectivity index (χ1n) is 7.31. The zero-order valence-electron chi connectivity index (χ0n) is 14.4. The molecule has 0 aromatic heterocycles. The molecule has 0 saturated carbocycles. The van der Waals surface area contributed by atoms with E-state index in [1.165, 1.54) is 28.1 Å². The molecular formula is C15H21FN2O6S. The Morgan fingerprint density at radius 2 is 1.96 bits per heavy atom. The van der Waals surface area contributed by atoms with Crippen LogP contribution in [0.3, 0.4) is 0 Å². The topological polar surface area (TPSA) is 102 Å². The van der Waals surface area contributed by atoms with E-state index in [-0.39, 0.29) is 18.0 Å². The molecule has 1 atom stereocenters. The Balaban J connectivity index is 2.93. The van der Waals surface area contributed by atoms with Crippen LogP contribution in [0, 0.1) is 5.82 Å². The van der Waals surface area contributed by atoms with Crippen LogP contribution in [-0.2, 0) is 24.3 Å². The maximum atomic E-state index is 13.9. The van der Waals surface area contributed by atoms with Gasteiger partial charge in [0.05, 0.1) is 17.1 Å². The zero-order valence-corrected chi connectivity index (χ0v) is 15.2. The van der Waals surface area contributed by atoms with E-state index in [0.29, 0.717) is 0 Å². The summed E-state index contributed by atoms with van der Waals surface area (Å²) in [5.41, 5.74) is -0.570. The summed E-state index contributed by atoms with van der Waals surface area (Å²) in [7, 11) is 0.239. The van der Waals surface area contributed by atoms with Gasteiger partial charge in [0.25, 0.3) is 5.91 Å². The number of hydrogen-bond donors (Lipinski definition) is 1. The third kappa shape index (κ3) is 5.48. The second-order valence-electron chi connectivity index (χ2n) is 5.26.